The zero-order valence-corrected chi connectivity index (χ0v) is 40.0. The first-order chi connectivity index (χ1) is 28.4. The maximum atomic E-state index is 14.2. The zero-order valence-electron chi connectivity index (χ0n) is 40.0. The van der Waals surface area contributed by atoms with Crippen LogP contribution < -0.4 is 5.32 Å². The number of methoxy groups -OCH3 is 1. The van der Waals surface area contributed by atoms with Crippen LogP contribution in [0.5, 0.6) is 0 Å². The average Bonchev–Trinajstić information content (AvgIpc) is 3.73. The van der Waals surface area contributed by atoms with Crippen molar-refractivity contribution < 1.29 is 68.3 Å². The highest BCUT2D eigenvalue weighted by atomic mass is 16.7. The van der Waals surface area contributed by atoms with Gasteiger partial charge >= 0.3 is 0 Å². The predicted molar refractivity (Wildman–Crippen MR) is 234 cm³/mol. The van der Waals surface area contributed by atoms with Gasteiger partial charge in [-0.05, 0) is 74.3 Å². The summed E-state index contributed by atoms with van der Waals surface area (Å²) in [6, 6.07) is 9.38. The van der Waals surface area contributed by atoms with Crippen molar-refractivity contribution in [2.24, 2.45) is 5.92 Å². The van der Waals surface area contributed by atoms with Crippen LogP contribution in [0.15, 0.2) is 30.3 Å². The summed E-state index contributed by atoms with van der Waals surface area (Å²) >= 11 is 0. The first-order valence-corrected chi connectivity index (χ1v) is 21.6. The number of hydrogen-bond acceptors (Lipinski definition) is 14. The molecule has 2 heterocycles. The van der Waals surface area contributed by atoms with E-state index in [0.29, 0.717) is 19.6 Å². The van der Waals surface area contributed by atoms with E-state index in [0.717, 1.165) is 5.56 Å². The van der Waals surface area contributed by atoms with E-state index in [1.165, 1.54) is 12.0 Å². The summed E-state index contributed by atoms with van der Waals surface area (Å²) in [5.74, 6) is -1.76. The van der Waals surface area contributed by atoms with Gasteiger partial charge in [-0.15, -0.1) is 0 Å². The van der Waals surface area contributed by atoms with E-state index in [2.05, 4.69) is 5.32 Å². The smallest absolute Gasteiger partial charge is 0.231 e. The first kappa shape index (κ1) is 58.7. The van der Waals surface area contributed by atoms with Crippen molar-refractivity contribution in [1.82, 2.24) is 10.2 Å². The number of carbonyl (C=O) groups is 2. The minimum Gasteiger partial charge on any atom is -0.394 e. The van der Waals surface area contributed by atoms with Gasteiger partial charge in [-0.2, -0.15) is 0 Å². The molecule has 2 saturated heterocycles. The quantitative estimate of drug-likeness (QED) is 0.103. The van der Waals surface area contributed by atoms with Crippen LogP contribution in [0.2, 0.25) is 0 Å². The van der Waals surface area contributed by atoms with Crippen LogP contribution >= 0.6 is 0 Å². The summed E-state index contributed by atoms with van der Waals surface area (Å²) in [6.45, 7) is 24.4. The molecular weight excluding hydrogens is 792 g/mol. The molecule has 0 spiro atoms. The first-order valence-electron chi connectivity index (χ1n) is 21.6. The standard InChI is InChI=1S/C39H67NO13.C2H5NO.2C2H6/c1-36(2,3)52-26(23-41)29(42)30(43)28(35(46)40(10)22-24-15-13-12-14-16-24)38(6,7)50-18-17-37(4,5)53-33-25(21-27-48-19-20-49-27)51-34(32(45)31(33)44)39(8,9)47-11;1-3-2-4;2*1-2/h12-16,25-34,41-45H,17-23H2,1-11H3;2H,1H3,(H,3,4);2*1-2H3/t25?,26-,28?,29?,30?,31?,32?,33-,34?;;;/m1.../s1. The predicted octanol–water partition coefficient (Wildman–Crippen LogP) is 3.60. The Morgan fingerprint density at radius 1 is 0.934 bits per heavy atom. The molecule has 2 fully saturated rings. The molecule has 3 rings (SSSR count). The van der Waals surface area contributed by atoms with Crippen molar-refractivity contribution in [2.75, 3.05) is 47.6 Å². The lowest BCUT2D eigenvalue weighted by Crippen LogP contribution is -2.65. The van der Waals surface area contributed by atoms with Gasteiger partial charge < -0.3 is 68.9 Å². The van der Waals surface area contributed by atoms with Crippen LogP contribution in [0.4, 0.5) is 0 Å². The molecule has 0 aromatic heterocycles. The molecule has 0 aliphatic carbocycles. The third kappa shape index (κ3) is 19.1. The van der Waals surface area contributed by atoms with Crippen molar-refractivity contribution in [3.8, 4) is 0 Å². The molecule has 9 atom stereocenters. The summed E-state index contributed by atoms with van der Waals surface area (Å²) in [4.78, 5) is 24.7. The minimum atomic E-state index is -1.68. The Hall–Kier alpha value is -2.32. The van der Waals surface area contributed by atoms with Crippen LogP contribution in [0.3, 0.4) is 0 Å². The molecular formula is C45H84N2O14. The average molecular weight is 877 g/mol. The van der Waals surface area contributed by atoms with Gasteiger partial charge in [0, 0.05) is 34.2 Å². The van der Waals surface area contributed by atoms with Crippen LogP contribution in [0, 0.1) is 5.92 Å². The maximum Gasteiger partial charge on any atom is 0.231 e. The molecule has 7 unspecified atom stereocenters. The minimum absolute atomic E-state index is 0.0436. The molecule has 6 N–H and O–H groups in total. The van der Waals surface area contributed by atoms with Crippen molar-refractivity contribution in [3.63, 3.8) is 0 Å². The highest BCUT2D eigenvalue weighted by Crippen LogP contribution is 2.37. The summed E-state index contributed by atoms with van der Waals surface area (Å²) in [6.07, 6.45) is -9.13. The fourth-order valence-corrected chi connectivity index (χ4v) is 6.89. The van der Waals surface area contributed by atoms with Gasteiger partial charge in [-0.3, -0.25) is 9.59 Å². The van der Waals surface area contributed by atoms with Gasteiger partial charge in [0.15, 0.2) is 6.29 Å². The van der Waals surface area contributed by atoms with Crippen molar-refractivity contribution in [1.29, 1.82) is 0 Å². The monoisotopic (exact) mass is 877 g/mol. The molecule has 1 aromatic carbocycles. The molecule has 358 valence electrons. The van der Waals surface area contributed by atoms with Gasteiger partial charge in [0.2, 0.25) is 12.3 Å². The molecule has 16 heteroatoms. The highest BCUT2D eigenvalue weighted by Gasteiger charge is 2.53. The van der Waals surface area contributed by atoms with Gasteiger partial charge in [-0.25, -0.2) is 0 Å². The van der Waals surface area contributed by atoms with Crippen LogP contribution in [-0.4, -0.2) is 168 Å². The van der Waals surface area contributed by atoms with Gasteiger partial charge in [-0.1, -0.05) is 58.0 Å². The van der Waals surface area contributed by atoms with E-state index in [-0.39, 0.29) is 26.0 Å². The molecule has 2 aliphatic rings. The second-order valence-corrected chi connectivity index (χ2v) is 17.3. The third-order valence-corrected chi connectivity index (χ3v) is 10.2. The number of ether oxygens (including phenoxy) is 7. The highest BCUT2D eigenvalue weighted by molar-refractivity contribution is 5.80. The molecule has 1 aromatic rings. The Balaban J connectivity index is 0.00000418. The van der Waals surface area contributed by atoms with E-state index < -0.39 is 96.0 Å². The SMILES string of the molecule is CC.CC.CNC=O.COC(C)(C)C1OC(CC2OCCO2)[C@@H](OC(C)(C)CCOC(C)(C)C(C(=O)N(C)Cc2ccccc2)C(O)C(O)[C@@H](CO)OC(C)(C)C)C(O)C1O. The number of hydrogen-bond donors (Lipinski definition) is 6. The number of nitrogens with one attached hydrogen (secondary N) is 1. The van der Waals surface area contributed by atoms with Gasteiger partial charge in [0.1, 0.15) is 36.6 Å². The normalized spacial score (nSPS) is 23.1. The summed E-state index contributed by atoms with van der Waals surface area (Å²) in [5.41, 5.74) is -3.09. The van der Waals surface area contributed by atoms with Gasteiger partial charge in [0.25, 0.3) is 0 Å². The third-order valence-electron chi connectivity index (χ3n) is 10.2. The Bertz CT molecular complexity index is 1320. The Kier molecular flexibility index (Phi) is 26.7. The van der Waals surface area contributed by atoms with Crippen LogP contribution in [-0.2, 0) is 49.3 Å². The second kappa shape index (κ2) is 27.8. The van der Waals surface area contributed by atoms with Crippen molar-refractivity contribution in [3.05, 3.63) is 35.9 Å². The topological polar surface area (TPSA) is 215 Å². The molecule has 0 saturated carbocycles. The lowest BCUT2D eigenvalue weighted by atomic mass is 9.81. The maximum absolute atomic E-state index is 14.2. The van der Waals surface area contributed by atoms with E-state index >= 15 is 0 Å². The number of aliphatic hydroxyl groups excluding tert-OH is 5. The Labute approximate surface area is 366 Å². The number of amides is 2. The van der Waals surface area contributed by atoms with E-state index in [9.17, 15) is 30.3 Å². The Morgan fingerprint density at radius 2 is 1.48 bits per heavy atom. The van der Waals surface area contributed by atoms with E-state index in [1.807, 2.05) is 71.9 Å². The fourth-order valence-electron chi connectivity index (χ4n) is 6.89. The lowest BCUT2D eigenvalue weighted by molar-refractivity contribution is -0.295. The van der Waals surface area contributed by atoms with Crippen molar-refractivity contribution >= 4 is 12.3 Å². The number of rotatable bonds is 20. The molecule has 2 amide bonds. The number of aliphatic hydroxyl groups is 5. The summed E-state index contributed by atoms with van der Waals surface area (Å²) < 4.78 is 42.0. The number of nitrogens with zero attached hydrogens (tertiary/aromatic N) is 1. The number of benzene rings is 1. The van der Waals surface area contributed by atoms with Gasteiger partial charge in [0.05, 0.1) is 67.0 Å². The molecule has 16 nitrogen and oxygen atoms in total. The zero-order chi connectivity index (χ0) is 47.4. The Morgan fingerprint density at radius 3 is 1.95 bits per heavy atom. The van der Waals surface area contributed by atoms with E-state index in [1.54, 1.807) is 62.6 Å². The molecule has 2 aliphatic heterocycles. The number of carbonyl (C=O) groups excluding carboxylic acids is 2. The second-order valence-electron chi connectivity index (χ2n) is 17.3. The summed E-state index contributed by atoms with van der Waals surface area (Å²) in [5, 5.41) is 58.0. The van der Waals surface area contributed by atoms with E-state index in [4.69, 9.17) is 38.0 Å². The molecule has 0 radical (unpaired) electrons. The largest absolute Gasteiger partial charge is 0.394 e. The lowest BCUT2D eigenvalue weighted by Gasteiger charge is -2.49. The van der Waals surface area contributed by atoms with Crippen LogP contribution in [0.1, 0.15) is 108 Å². The summed E-state index contributed by atoms with van der Waals surface area (Å²) in [7, 11) is 4.69. The molecule has 61 heavy (non-hydrogen) atoms. The molecule has 0 bridgehead atoms. The fraction of sp³-hybridized carbons (Fsp3) is 0.822. The van der Waals surface area contributed by atoms with Crippen molar-refractivity contribution in [2.45, 2.75) is 187 Å². The van der Waals surface area contributed by atoms with Crippen LogP contribution in [0.25, 0.3) is 0 Å².